The third-order valence-corrected chi connectivity index (χ3v) is 8.38. The largest absolute Gasteiger partial charge is 0.489 e. The summed E-state index contributed by atoms with van der Waals surface area (Å²) in [5.41, 5.74) is -1.04. The third kappa shape index (κ3) is 3.58. The molecule has 2 saturated heterocycles. The van der Waals surface area contributed by atoms with Crippen molar-refractivity contribution < 1.29 is 22.9 Å². The second-order valence-corrected chi connectivity index (χ2v) is 12.1. The Hall–Kier alpha value is -1.72. The number of halogens is 3. The standard InChI is InChI=1S/C21H23BrClFN4O4S/c1-20(2,3)32-19(29)28-6-5-21(28)7-10-8-31-16-11-15(14(24)12(22)13(16)23)25-18(33(4)30)26-17(11)27(10)9-21/h10H,5-9H2,1-4H3. The molecule has 12 heteroatoms. The molecule has 1 amide bonds. The van der Waals surface area contributed by atoms with Crippen molar-refractivity contribution in [2.75, 3.05) is 30.9 Å². The highest BCUT2D eigenvalue weighted by Crippen LogP contribution is 2.51. The molecule has 0 radical (unpaired) electrons. The van der Waals surface area contributed by atoms with E-state index in [0.717, 1.165) is 6.42 Å². The first-order valence-corrected chi connectivity index (χ1v) is 13.3. The molecular formula is C21H23BrClFN4O4S. The van der Waals surface area contributed by atoms with Gasteiger partial charge in [0, 0.05) is 19.3 Å². The van der Waals surface area contributed by atoms with Crippen molar-refractivity contribution >= 4 is 61.1 Å². The van der Waals surface area contributed by atoms with Crippen molar-refractivity contribution in [3.05, 3.63) is 15.3 Å². The maximum atomic E-state index is 15.2. The molecule has 178 valence electrons. The van der Waals surface area contributed by atoms with Gasteiger partial charge in [0.1, 0.15) is 28.6 Å². The Labute approximate surface area is 206 Å². The number of benzene rings is 1. The zero-order valence-electron chi connectivity index (χ0n) is 18.6. The van der Waals surface area contributed by atoms with Crippen LogP contribution >= 0.6 is 27.5 Å². The number of ether oxygens (including phenoxy) is 2. The molecule has 2 aromatic rings. The number of anilines is 1. The van der Waals surface area contributed by atoms with E-state index in [-0.39, 0.29) is 38.9 Å². The first-order chi connectivity index (χ1) is 15.4. The van der Waals surface area contributed by atoms with Crippen LogP contribution in [0.15, 0.2) is 9.63 Å². The van der Waals surface area contributed by atoms with Gasteiger partial charge in [0.05, 0.1) is 32.2 Å². The SMILES string of the molecule is CS(=O)c1nc2c3c(c(Cl)c(Br)c(F)c3n1)OCC1CC3(CCN3C(=O)OC(C)(C)C)CN21. The van der Waals surface area contributed by atoms with Gasteiger partial charge in [-0.1, -0.05) is 11.6 Å². The Balaban J connectivity index is 1.62. The number of nitrogens with zero attached hydrogens (tertiary/aromatic N) is 4. The minimum atomic E-state index is -1.54. The van der Waals surface area contributed by atoms with E-state index >= 15 is 4.39 Å². The minimum Gasteiger partial charge on any atom is -0.489 e. The van der Waals surface area contributed by atoms with Crippen LogP contribution in [0, 0.1) is 5.82 Å². The average molecular weight is 562 g/mol. The van der Waals surface area contributed by atoms with Gasteiger partial charge in [-0.05, 0) is 49.5 Å². The van der Waals surface area contributed by atoms with Gasteiger partial charge in [0.2, 0.25) is 5.16 Å². The number of hydrogen-bond acceptors (Lipinski definition) is 7. The molecule has 0 aliphatic carbocycles. The molecule has 3 atom stereocenters. The number of amides is 1. The zero-order valence-corrected chi connectivity index (χ0v) is 21.7. The maximum Gasteiger partial charge on any atom is 0.410 e. The lowest BCUT2D eigenvalue weighted by Crippen LogP contribution is -2.64. The Bertz CT molecular complexity index is 1230. The van der Waals surface area contributed by atoms with Crippen LogP contribution in [0.2, 0.25) is 5.02 Å². The summed E-state index contributed by atoms with van der Waals surface area (Å²) < 4.78 is 39.2. The Morgan fingerprint density at radius 2 is 2.12 bits per heavy atom. The minimum absolute atomic E-state index is 0.00400. The molecule has 1 aromatic heterocycles. The zero-order chi connectivity index (χ0) is 23.9. The highest BCUT2D eigenvalue weighted by atomic mass is 79.9. The van der Waals surface area contributed by atoms with E-state index in [0.29, 0.717) is 36.5 Å². The van der Waals surface area contributed by atoms with Crippen LogP contribution in [-0.2, 0) is 15.5 Å². The number of carbonyl (C=O) groups excluding carboxylic acids is 1. The predicted octanol–water partition coefficient (Wildman–Crippen LogP) is 4.27. The van der Waals surface area contributed by atoms with Crippen molar-refractivity contribution in [2.45, 2.75) is 56.0 Å². The second-order valence-electron chi connectivity index (χ2n) is 9.68. The summed E-state index contributed by atoms with van der Waals surface area (Å²) in [6, 6.07) is -0.142. The van der Waals surface area contributed by atoms with E-state index in [1.165, 1.54) is 6.26 Å². The average Bonchev–Trinajstić information content (AvgIpc) is 3.04. The fourth-order valence-electron chi connectivity index (χ4n) is 4.83. The molecule has 0 saturated carbocycles. The summed E-state index contributed by atoms with van der Waals surface area (Å²) in [6.07, 6.45) is 2.54. The topological polar surface area (TPSA) is 84.9 Å². The summed E-state index contributed by atoms with van der Waals surface area (Å²) in [6.45, 7) is 6.86. The molecule has 3 unspecified atom stereocenters. The molecule has 33 heavy (non-hydrogen) atoms. The molecule has 8 nitrogen and oxygen atoms in total. The van der Waals surface area contributed by atoms with Gasteiger partial charge < -0.3 is 19.3 Å². The van der Waals surface area contributed by atoms with Gasteiger partial charge in [-0.3, -0.25) is 4.21 Å². The molecule has 3 aliphatic rings. The van der Waals surface area contributed by atoms with Crippen LogP contribution < -0.4 is 9.64 Å². The number of likely N-dealkylation sites (tertiary alicyclic amines) is 1. The summed E-state index contributed by atoms with van der Waals surface area (Å²) in [7, 11) is -1.54. The van der Waals surface area contributed by atoms with Crippen LogP contribution in [-0.4, -0.2) is 68.3 Å². The fraction of sp³-hybridized carbons (Fsp3) is 0.571. The van der Waals surface area contributed by atoms with Crippen LogP contribution in [0.4, 0.5) is 15.0 Å². The molecule has 0 bridgehead atoms. The summed E-state index contributed by atoms with van der Waals surface area (Å²) >= 11 is 9.60. The van der Waals surface area contributed by atoms with Gasteiger partial charge in [0.15, 0.2) is 11.6 Å². The van der Waals surface area contributed by atoms with E-state index in [1.54, 1.807) is 4.90 Å². The number of carbonyl (C=O) groups is 1. The van der Waals surface area contributed by atoms with Crippen molar-refractivity contribution in [3.63, 3.8) is 0 Å². The molecule has 5 rings (SSSR count). The second kappa shape index (κ2) is 7.64. The smallest absolute Gasteiger partial charge is 0.410 e. The number of hydrogen-bond donors (Lipinski definition) is 0. The first-order valence-electron chi connectivity index (χ1n) is 10.5. The lowest BCUT2D eigenvalue weighted by molar-refractivity contribution is -0.0377. The van der Waals surface area contributed by atoms with E-state index in [2.05, 4.69) is 25.9 Å². The Morgan fingerprint density at radius 3 is 2.73 bits per heavy atom. The van der Waals surface area contributed by atoms with E-state index in [1.807, 2.05) is 25.7 Å². The van der Waals surface area contributed by atoms with Crippen LogP contribution in [0.3, 0.4) is 0 Å². The molecule has 0 N–H and O–H groups in total. The van der Waals surface area contributed by atoms with Crippen LogP contribution in [0.1, 0.15) is 33.6 Å². The number of fused-ring (bicyclic) bond motifs is 2. The molecule has 1 spiro atoms. The normalized spacial score (nSPS) is 24.9. The van der Waals surface area contributed by atoms with Crippen molar-refractivity contribution in [2.24, 2.45) is 0 Å². The van der Waals surface area contributed by atoms with Gasteiger partial charge in [-0.15, -0.1) is 0 Å². The fourth-order valence-corrected chi connectivity index (χ4v) is 5.87. The lowest BCUT2D eigenvalue weighted by atomic mass is 9.83. The molecule has 1 aromatic carbocycles. The Kier molecular flexibility index (Phi) is 5.34. The van der Waals surface area contributed by atoms with Crippen molar-refractivity contribution in [3.8, 4) is 5.75 Å². The van der Waals surface area contributed by atoms with Crippen molar-refractivity contribution in [1.29, 1.82) is 0 Å². The monoisotopic (exact) mass is 560 g/mol. The lowest BCUT2D eigenvalue weighted by Gasteiger charge is -2.50. The number of aromatic nitrogens is 2. The van der Waals surface area contributed by atoms with E-state index in [9.17, 15) is 9.00 Å². The van der Waals surface area contributed by atoms with Gasteiger partial charge in [-0.25, -0.2) is 19.2 Å². The van der Waals surface area contributed by atoms with Gasteiger partial charge in [0.25, 0.3) is 0 Å². The summed E-state index contributed by atoms with van der Waals surface area (Å²) in [5.74, 6) is 0.0532. The molecule has 4 heterocycles. The highest BCUT2D eigenvalue weighted by molar-refractivity contribution is 9.10. The molecule has 2 fully saturated rings. The van der Waals surface area contributed by atoms with Crippen molar-refractivity contribution in [1.82, 2.24) is 14.9 Å². The third-order valence-electron chi connectivity index (χ3n) is 6.35. The summed E-state index contributed by atoms with van der Waals surface area (Å²) in [5, 5.41) is 0.471. The van der Waals surface area contributed by atoms with Crippen LogP contribution in [0.5, 0.6) is 5.75 Å². The van der Waals surface area contributed by atoms with Gasteiger partial charge >= 0.3 is 6.09 Å². The maximum absolute atomic E-state index is 15.2. The van der Waals surface area contributed by atoms with E-state index < -0.39 is 27.8 Å². The number of rotatable bonds is 1. The highest BCUT2D eigenvalue weighted by Gasteiger charge is 2.57. The molecular weight excluding hydrogens is 539 g/mol. The molecule has 3 aliphatic heterocycles. The first kappa shape index (κ1) is 23.0. The predicted molar refractivity (Wildman–Crippen MR) is 126 cm³/mol. The van der Waals surface area contributed by atoms with E-state index in [4.69, 9.17) is 21.1 Å². The Morgan fingerprint density at radius 1 is 1.39 bits per heavy atom. The summed E-state index contributed by atoms with van der Waals surface area (Å²) in [4.78, 5) is 25.4. The quantitative estimate of drug-likeness (QED) is 0.380. The van der Waals surface area contributed by atoms with Crippen LogP contribution in [0.25, 0.3) is 10.9 Å². The van der Waals surface area contributed by atoms with Gasteiger partial charge in [-0.2, -0.15) is 0 Å².